The van der Waals surface area contributed by atoms with E-state index in [9.17, 15) is 9.59 Å². The summed E-state index contributed by atoms with van der Waals surface area (Å²) in [5.41, 5.74) is 2.74. The average molecular weight is 445 g/mol. The van der Waals surface area contributed by atoms with Crippen LogP contribution in [-0.2, 0) is 4.79 Å². The zero-order valence-corrected chi connectivity index (χ0v) is 18.4. The van der Waals surface area contributed by atoms with E-state index in [1.165, 1.54) is 21.3 Å². The zero-order chi connectivity index (χ0) is 23.4. The topological polar surface area (TPSA) is 98.2 Å². The number of rotatable bonds is 6. The second-order valence-electron chi connectivity index (χ2n) is 7.16. The van der Waals surface area contributed by atoms with Crippen LogP contribution in [0.4, 0.5) is 5.69 Å². The van der Waals surface area contributed by atoms with E-state index in [1.54, 1.807) is 36.4 Å². The van der Waals surface area contributed by atoms with Crippen molar-refractivity contribution in [3.8, 4) is 17.2 Å². The van der Waals surface area contributed by atoms with Gasteiger partial charge in [0.15, 0.2) is 11.5 Å². The summed E-state index contributed by atoms with van der Waals surface area (Å²) in [5.74, 6) is 0.377. The highest BCUT2D eigenvalue weighted by Crippen LogP contribution is 2.36. The Kier molecular flexibility index (Phi) is 6.26. The number of anilines is 1. The Labute approximate surface area is 191 Å². The number of carbonyl (C=O) groups excluding carboxylic acids is 2. The van der Waals surface area contributed by atoms with Crippen LogP contribution in [0.5, 0.6) is 17.2 Å². The fourth-order valence-corrected chi connectivity index (χ4v) is 3.59. The molecule has 3 aromatic rings. The van der Waals surface area contributed by atoms with E-state index in [2.05, 4.69) is 15.6 Å². The number of nitrogens with one attached hydrogen (secondary N) is 2. The Morgan fingerprint density at radius 2 is 1.52 bits per heavy atom. The fraction of sp³-hybridized carbons (Fsp3) is 0.160. The van der Waals surface area contributed by atoms with E-state index in [4.69, 9.17) is 14.2 Å². The lowest BCUT2D eigenvalue weighted by Crippen LogP contribution is -2.42. The van der Waals surface area contributed by atoms with Crippen molar-refractivity contribution >= 4 is 23.2 Å². The number of hydrogen-bond donors (Lipinski definition) is 2. The second kappa shape index (κ2) is 9.44. The highest BCUT2D eigenvalue weighted by atomic mass is 16.5. The Morgan fingerprint density at radius 3 is 2.21 bits per heavy atom. The van der Waals surface area contributed by atoms with Crippen LogP contribution in [0.1, 0.15) is 21.5 Å². The highest BCUT2D eigenvalue weighted by Gasteiger charge is 2.29. The van der Waals surface area contributed by atoms with Crippen LogP contribution < -0.4 is 24.8 Å². The molecular weight excluding hydrogens is 422 g/mol. The van der Waals surface area contributed by atoms with E-state index in [0.717, 1.165) is 5.56 Å². The van der Waals surface area contributed by atoms with Crippen LogP contribution in [0.3, 0.4) is 0 Å². The number of nitrogens with zero attached hydrogens (tertiary/aromatic N) is 1. The molecule has 1 aliphatic rings. The summed E-state index contributed by atoms with van der Waals surface area (Å²) in [6.45, 7) is 0. The normalized spacial score (nSPS) is 14.8. The molecule has 1 heterocycles. The second-order valence-corrected chi connectivity index (χ2v) is 7.16. The molecule has 3 aromatic carbocycles. The van der Waals surface area contributed by atoms with Gasteiger partial charge in [0, 0.05) is 17.2 Å². The van der Waals surface area contributed by atoms with Gasteiger partial charge in [-0.1, -0.05) is 42.5 Å². The number of methoxy groups -OCH3 is 3. The molecule has 4 rings (SSSR count). The van der Waals surface area contributed by atoms with Gasteiger partial charge < -0.3 is 24.8 Å². The van der Waals surface area contributed by atoms with Crippen molar-refractivity contribution in [3.05, 3.63) is 83.4 Å². The van der Waals surface area contributed by atoms with Gasteiger partial charge in [-0.05, 0) is 18.2 Å². The summed E-state index contributed by atoms with van der Waals surface area (Å²) in [7, 11) is 4.54. The summed E-state index contributed by atoms with van der Waals surface area (Å²) in [5, 5.41) is 5.56. The van der Waals surface area contributed by atoms with Gasteiger partial charge in [-0.2, -0.15) is 0 Å². The predicted octanol–water partition coefficient (Wildman–Crippen LogP) is 3.26. The van der Waals surface area contributed by atoms with Crippen LogP contribution >= 0.6 is 0 Å². The molecule has 0 radical (unpaired) electrons. The molecule has 0 saturated carbocycles. The summed E-state index contributed by atoms with van der Waals surface area (Å²) in [4.78, 5) is 30.7. The van der Waals surface area contributed by atoms with Crippen LogP contribution in [0.15, 0.2) is 71.7 Å². The largest absolute Gasteiger partial charge is 0.496 e. The molecule has 8 nitrogen and oxygen atoms in total. The molecule has 0 fully saturated rings. The molecule has 0 bridgehead atoms. The standard InChI is InChI=1S/C25H23N3O5/c1-31-19-12-8-7-11-16(19)24(29)28-23-25(30)26-18-14-21(33-3)20(32-2)13-17(18)22(27-23)15-9-5-4-6-10-15/h4-14,23H,1-3H3,(H,26,30)(H,28,29). The first kappa shape index (κ1) is 21.9. The Morgan fingerprint density at radius 1 is 0.879 bits per heavy atom. The van der Waals surface area contributed by atoms with Crippen LogP contribution in [-0.4, -0.2) is 45.0 Å². The lowest BCUT2D eigenvalue weighted by atomic mass is 10.00. The van der Waals surface area contributed by atoms with Gasteiger partial charge >= 0.3 is 0 Å². The van der Waals surface area contributed by atoms with Crippen molar-refractivity contribution < 1.29 is 23.8 Å². The minimum atomic E-state index is -1.18. The number of amides is 2. The number of aliphatic imine (C=N–C) groups is 1. The molecule has 0 spiro atoms. The van der Waals surface area contributed by atoms with Crippen molar-refractivity contribution in [2.45, 2.75) is 6.17 Å². The van der Waals surface area contributed by atoms with E-state index in [1.807, 2.05) is 30.3 Å². The maximum absolute atomic E-state index is 13.1. The lowest BCUT2D eigenvalue weighted by Gasteiger charge is -2.15. The van der Waals surface area contributed by atoms with Crippen LogP contribution in [0.2, 0.25) is 0 Å². The average Bonchev–Trinajstić information content (AvgIpc) is 2.99. The number of benzene rings is 3. The van der Waals surface area contributed by atoms with Gasteiger partial charge in [-0.15, -0.1) is 0 Å². The molecule has 0 saturated heterocycles. The number of hydrogen-bond acceptors (Lipinski definition) is 6. The first-order valence-electron chi connectivity index (χ1n) is 10.2. The van der Waals surface area contributed by atoms with Gasteiger partial charge in [-0.25, -0.2) is 4.99 Å². The van der Waals surface area contributed by atoms with Gasteiger partial charge in [0.25, 0.3) is 11.8 Å². The Balaban J connectivity index is 1.80. The summed E-state index contributed by atoms with van der Waals surface area (Å²) in [6.07, 6.45) is -1.18. The molecule has 2 amide bonds. The minimum absolute atomic E-state index is 0.300. The van der Waals surface area contributed by atoms with Crippen molar-refractivity contribution in [2.75, 3.05) is 26.6 Å². The molecule has 2 N–H and O–H groups in total. The first-order valence-corrected chi connectivity index (χ1v) is 10.2. The smallest absolute Gasteiger partial charge is 0.269 e. The minimum Gasteiger partial charge on any atom is -0.496 e. The molecule has 8 heteroatoms. The third-order valence-electron chi connectivity index (χ3n) is 5.21. The van der Waals surface area contributed by atoms with Crippen LogP contribution in [0, 0.1) is 0 Å². The zero-order valence-electron chi connectivity index (χ0n) is 18.4. The summed E-state index contributed by atoms with van der Waals surface area (Å²) >= 11 is 0. The summed E-state index contributed by atoms with van der Waals surface area (Å²) in [6, 6.07) is 19.6. The highest BCUT2D eigenvalue weighted by molar-refractivity contribution is 6.20. The number of para-hydroxylation sites is 1. The molecule has 1 unspecified atom stereocenters. The number of benzodiazepines with no additional fused rings is 1. The van der Waals surface area contributed by atoms with Gasteiger partial charge in [0.05, 0.1) is 38.3 Å². The molecule has 33 heavy (non-hydrogen) atoms. The third-order valence-corrected chi connectivity index (χ3v) is 5.21. The van der Waals surface area contributed by atoms with Crippen molar-refractivity contribution in [2.24, 2.45) is 4.99 Å². The van der Waals surface area contributed by atoms with E-state index < -0.39 is 18.0 Å². The number of fused-ring (bicyclic) bond motifs is 1. The maximum Gasteiger partial charge on any atom is 0.269 e. The lowest BCUT2D eigenvalue weighted by molar-refractivity contribution is -0.117. The third kappa shape index (κ3) is 4.36. The molecule has 0 aromatic heterocycles. The Bertz CT molecular complexity index is 1220. The molecule has 1 aliphatic heterocycles. The van der Waals surface area contributed by atoms with Gasteiger partial charge in [0.2, 0.25) is 6.17 Å². The molecular formula is C25H23N3O5. The number of ether oxygens (including phenoxy) is 3. The predicted molar refractivity (Wildman–Crippen MR) is 125 cm³/mol. The SMILES string of the molecule is COc1cc2c(cc1OC)C(c1ccccc1)=NC(NC(=O)c1ccccc1OC)C(=O)N2. The molecule has 168 valence electrons. The van der Waals surface area contributed by atoms with Crippen molar-refractivity contribution in [1.82, 2.24) is 5.32 Å². The van der Waals surface area contributed by atoms with E-state index in [-0.39, 0.29) is 0 Å². The van der Waals surface area contributed by atoms with Crippen molar-refractivity contribution in [1.29, 1.82) is 0 Å². The molecule has 0 aliphatic carbocycles. The van der Waals surface area contributed by atoms with E-state index >= 15 is 0 Å². The van der Waals surface area contributed by atoms with Crippen LogP contribution in [0.25, 0.3) is 0 Å². The summed E-state index contributed by atoms with van der Waals surface area (Å²) < 4.78 is 16.1. The first-order chi connectivity index (χ1) is 16.0. The van der Waals surface area contributed by atoms with Crippen molar-refractivity contribution in [3.63, 3.8) is 0 Å². The number of carbonyl (C=O) groups is 2. The van der Waals surface area contributed by atoms with Gasteiger partial charge in [-0.3, -0.25) is 9.59 Å². The van der Waals surface area contributed by atoms with Gasteiger partial charge in [0.1, 0.15) is 5.75 Å². The maximum atomic E-state index is 13.1. The molecule has 1 atom stereocenters. The monoisotopic (exact) mass is 445 g/mol. The quantitative estimate of drug-likeness (QED) is 0.607. The Hall–Kier alpha value is -4.33. The fourth-order valence-electron chi connectivity index (χ4n) is 3.59. The van der Waals surface area contributed by atoms with E-state index in [0.29, 0.717) is 39.8 Å².